The minimum Gasteiger partial charge on any atom is -0.311 e. The summed E-state index contributed by atoms with van der Waals surface area (Å²) < 4.78 is 2.36. The van der Waals surface area contributed by atoms with Crippen LogP contribution < -0.4 is 4.90 Å². The van der Waals surface area contributed by atoms with Crippen LogP contribution in [0, 0.1) is 0 Å². The number of anilines is 3. The highest BCUT2D eigenvalue weighted by Gasteiger charge is 2.35. The summed E-state index contributed by atoms with van der Waals surface area (Å²) in [6.07, 6.45) is 0. The molecule has 0 bridgehead atoms. The fraction of sp³-hybridized carbons (Fsp3) is 0.0508. The zero-order chi connectivity index (χ0) is 42.1. The Hall–Kier alpha value is -8.08. The number of fused-ring (bicyclic) bond motifs is 7. The molecule has 9 aromatic carbocycles. The summed E-state index contributed by atoms with van der Waals surface area (Å²) >= 11 is 0. The van der Waals surface area contributed by atoms with Crippen LogP contribution in [0.3, 0.4) is 0 Å². The Morgan fingerprint density at radius 1 is 0.397 bits per heavy atom. The molecule has 4 heteroatoms. The normalized spacial score (nSPS) is 12.7. The summed E-state index contributed by atoms with van der Waals surface area (Å²) in [5, 5.41) is 2.51. The lowest BCUT2D eigenvalue weighted by molar-refractivity contribution is 0.660. The molecular formula is C59H42N4. The van der Waals surface area contributed by atoms with E-state index in [0.717, 1.165) is 67.4 Å². The number of para-hydroxylation sites is 4. The molecule has 12 rings (SSSR count). The van der Waals surface area contributed by atoms with E-state index in [9.17, 15) is 0 Å². The van der Waals surface area contributed by atoms with Crippen LogP contribution in [0.5, 0.6) is 0 Å². The van der Waals surface area contributed by atoms with Gasteiger partial charge in [0.05, 0.1) is 33.5 Å². The molecule has 0 saturated carbocycles. The predicted octanol–water partition coefficient (Wildman–Crippen LogP) is 15.5. The van der Waals surface area contributed by atoms with Gasteiger partial charge in [0, 0.05) is 55.6 Å². The SMILES string of the molecule is CC1(C)c2ccccc2-c2ccc(-c3cccc4nc(-c5ccccc5)c(-c5ccc(N(c6ccccc6)c6ccc(-n7c8ccccc8c8ccccc87)cc6)cc5)nc34)cc21. The van der Waals surface area contributed by atoms with Gasteiger partial charge in [-0.1, -0.05) is 159 Å². The summed E-state index contributed by atoms with van der Waals surface area (Å²) in [4.78, 5) is 13.3. The molecule has 4 nitrogen and oxygen atoms in total. The maximum Gasteiger partial charge on any atom is 0.0973 e. The van der Waals surface area contributed by atoms with Gasteiger partial charge in [0.15, 0.2) is 0 Å². The first-order valence-corrected chi connectivity index (χ1v) is 21.7. The highest BCUT2D eigenvalue weighted by molar-refractivity contribution is 6.09. The Bertz CT molecular complexity index is 3460. The van der Waals surface area contributed by atoms with E-state index in [-0.39, 0.29) is 5.41 Å². The van der Waals surface area contributed by atoms with Crippen molar-refractivity contribution in [1.29, 1.82) is 0 Å². The zero-order valence-corrected chi connectivity index (χ0v) is 35.1. The molecule has 298 valence electrons. The maximum absolute atomic E-state index is 5.56. The maximum atomic E-state index is 5.56. The summed E-state index contributed by atoms with van der Waals surface area (Å²) in [5.74, 6) is 0. The molecule has 0 spiro atoms. The number of rotatable bonds is 7. The van der Waals surface area contributed by atoms with Crippen LogP contribution in [-0.4, -0.2) is 14.5 Å². The van der Waals surface area contributed by atoms with Gasteiger partial charge in [-0.25, -0.2) is 9.97 Å². The van der Waals surface area contributed by atoms with Crippen molar-refractivity contribution in [2.45, 2.75) is 19.3 Å². The summed E-state index contributed by atoms with van der Waals surface area (Å²) in [6, 6.07) is 78.1. The second-order valence-electron chi connectivity index (χ2n) is 17.0. The minimum atomic E-state index is -0.104. The predicted molar refractivity (Wildman–Crippen MR) is 262 cm³/mol. The fourth-order valence-electron chi connectivity index (χ4n) is 9.92. The number of aromatic nitrogens is 3. The van der Waals surface area contributed by atoms with E-state index >= 15 is 0 Å². The Labute approximate surface area is 367 Å². The Morgan fingerprint density at radius 3 is 1.63 bits per heavy atom. The Balaban J connectivity index is 0.961. The Kier molecular flexibility index (Phi) is 8.48. The summed E-state index contributed by atoms with van der Waals surface area (Å²) in [5.41, 5.74) is 19.7. The van der Waals surface area contributed by atoms with Crippen LogP contribution in [0.2, 0.25) is 0 Å². The molecule has 2 aromatic heterocycles. The van der Waals surface area contributed by atoms with Crippen LogP contribution in [0.1, 0.15) is 25.0 Å². The standard InChI is InChI=1S/C59H42N4/c1-59(2)51-24-12-9-20-47(51)48-37-30-41(38-52(48)59)46-23-15-25-53-58(46)61-57(56(60-53)39-16-5-3-6-17-39)40-28-31-43(32-29-40)62(42-18-7-4-8-19-42)44-33-35-45(36-34-44)63-54-26-13-10-21-49(54)50-22-11-14-27-55(50)63/h3-38H,1-2H3. The third-order valence-corrected chi connectivity index (χ3v) is 13.0. The number of benzene rings is 9. The Morgan fingerprint density at radius 2 is 0.921 bits per heavy atom. The van der Waals surface area contributed by atoms with Gasteiger partial charge in [0.25, 0.3) is 0 Å². The monoisotopic (exact) mass is 806 g/mol. The van der Waals surface area contributed by atoms with Crippen molar-refractivity contribution in [3.63, 3.8) is 0 Å². The van der Waals surface area contributed by atoms with E-state index in [4.69, 9.17) is 9.97 Å². The van der Waals surface area contributed by atoms with Crippen LogP contribution in [0.15, 0.2) is 218 Å². The van der Waals surface area contributed by atoms with Gasteiger partial charge in [-0.15, -0.1) is 0 Å². The van der Waals surface area contributed by atoms with Gasteiger partial charge in [-0.05, 0) is 101 Å². The number of nitrogens with zero attached hydrogens (tertiary/aromatic N) is 4. The van der Waals surface area contributed by atoms with Crippen molar-refractivity contribution in [3.8, 4) is 50.5 Å². The fourth-order valence-corrected chi connectivity index (χ4v) is 9.92. The van der Waals surface area contributed by atoms with Gasteiger partial charge in [-0.3, -0.25) is 0 Å². The lowest BCUT2D eigenvalue weighted by atomic mass is 9.81. The van der Waals surface area contributed by atoms with Crippen molar-refractivity contribution >= 4 is 49.9 Å². The molecule has 0 aliphatic heterocycles. The highest BCUT2D eigenvalue weighted by atomic mass is 15.1. The van der Waals surface area contributed by atoms with Crippen LogP contribution >= 0.6 is 0 Å². The van der Waals surface area contributed by atoms with E-state index in [1.54, 1.807) is 0 Å². The first-order valence-electron chi connectivity index (χ1n) is 21.7. The lowest BCUT2D eigenvalue weighted by Crippen LogP contribution is -2.14. The topological polar surface area (TPSA) is 34.0 Å². The van der Waals surface area contributed by atoms with Crippen molar-refractivity contribution in [2.24, 2.45) is 0 Å². The zero-order valence-electron chi connectivity index (χ0n) is 35.1. The molecule has 0 atom stereocenters. The number of hydrogen-bond acceptors (Lipinski definition) is 3. The smallest absolute Gasteiger partial charge is 0.0973 e. The first-order chi connectivity index (χ1) is 31.0. The quantitative estimate of drug-likeness (QED) is 0.161. The molecule has 1 aliphatic carbocycles. The lowest BCUT2D eigenvalue weighted by Gasteiger charge is -2.26. The van der Waals surface area contributed by atoms with Gasteiger partial charge < -0.3 is 9.47 Å². The molecule has 0 saturated heterocycles. The van der Waals surface area contributed by atoms with Crippen LogP contribution in [0.25, 0.3) is 83.3 Å². The second kappa shape index (κ2) is 14.5. The first kappa shape index (κ1) is 36.7. The molecule has 1 aliphatic rings. The van der Waals surface area contributed by atoms with Crippen molar-refractivity contribution in [3.05, 3.63) is 230 Å². The van der Waals surface area contributed by atoms with E-state index in [2.05, 4.69) is 236 Å². The molecule has 2 heterocycles. The highest BCUT2D eigenvalue weighted by Crippen LogP contribution is 2.50. The average Bonchev–Trinajstić information content (AvgIpc) is 3.80. The molecule has 0 unspecified atom stereocenters. The molecular weight excluding hydrogens is 765 g/mol. The second-order valence-corrected chi connectivity index (χ2v) is 17.0. The van der Waals surface area contributed by atoms with E-state index < -0.39 is 0 Å². The van der Waals surface area contributed by atoms with Gasteiger partial charge in [0.2, 0.25) is 0 Å². The molecule has 63 heavy (non-hydrogen) atoms. The largest absolute Gasteiger partial charge is 0.311 e. The number of hydrogen-bond donors (Lipinski definition) is 0. The average molecular weight is 807 g/mol. The van der Waals surface area contributed by atoms with Crippen molar-refractivity contribution in [1.82, 2.24) is 14.5 Å². The molecule has 11 aromatic rings. The van der Waals surface area contributed by atoms with Crippen molar-refractivity contribution < 1.29 is 0 Å². The van der Waals surface area contributed by atoms with Crippen LogP contribution in [-0.2, 0) is 5.41 Å². The van der Waals surface area contributed by atoms with E-state index in [0.29, 0.717) is 0 Å². The van der Waals surface area contributed by atoms with E-state index in [1.165, 1.54) is 44.1 Å². The van der Waals surface area contributed by atoms with Crippen molar-refractivity contribution in [2.75, 3.05) is 4.90 Å². The van der Waals surface area contributed by atoms with Gasteiger partial charge >= 0.3 is 0 Å². The third-order valence-electron chi connectivity index (χ3n) is 13.0. The molecule has 0 radical (unpaired) electrons. The van der Waals surface area contributed by atoms with Gasteiger partial charge in [0.1, 0.15) is 0 Å². The summed E-state index contributed by atoms with van der Waals surface area (Å²) in [7, 11) is 0. The third kappa shape index (κ3) is 5.98. The van der Waals surface area contributed by atoms with E-state index in [1.807, 2.05) is 6.07 Å². The molecule has 0 N–H and O–H groups in total. The minimum absolute atomic E-state index is 0.104. The van der Waals surface area contributed by atoms with Crippen LogP contribution in [0.4, 0.5) is 17.1 Å². The molecule has 0 amide bonds. The summed E-state index contributed by atoms with van der Waals surface area (Å²) in [6.45, 7) is 4.67. The molecule has 0 fully saturated rings. The van der Waals surface area contributed by atoms with Gasteiger partial charge in [-0.2, -0.15) is 0 Å².